The summed E-state index contributed by atoms with van der Waals surface area (Å²) < 4.78 is 0. The fourth-order valence-electron chi connectivity index (χ4n) is 1.96. The molecule has 0 radical (unpaired) electrons. The Kier molecular flexibility index (Phi) is 3.33. The lowest BCUT2D eigenvalue weighted by molar-refractivity contribution is 0.635. The molecule has 1 aromatic rings. The van der Waals surface area contributed by atoms with Gasteiger partial charge in [-0.05, 0) is 18.6 Å². The minimum absolute atomic E-state index is 0.299. The number of para-hydroxylation sites is 1. The quantitative estimate of drug-likeness (QED) is 0.637. The summed E-state index contributed by atoms with van der Waals surface area (Å²) >= 11 is 0. The summed E-state index contributed by atoms with van der Waals surface area (Å²) in [5.74, 6) is 0. The van der Waals surface area contributed by atoms with Crippen LogP contribution in [-0.4, -0.2) is 31.5 Å². The summed E-state index contributed by atoms with van der Waals surface area (Å²) in [4.78, 5) is 6.25. The molecule has 1 aromatic carbocycles. The summed E-state index contributed by atoms with van der Waals surface area (Å²) in [7, 11) is 3.81. The molecule has 1 N–H and O–H groups in total. The number of hydrogen-bond acceptors (Lipinski definition) is 3. The standard InChI is InChI=1S/C14H16N4/c1-10-11-6-4-5-7-13(11)17-14(12(10)8-15)16-9-18(2)3/h4-7,9,14,17H,1-3H3. The molecule has 1 aliphatic heterocycles. The van der Waals surface area contributed by atoms with Gasteiger partial charge in [0.25, 0.3) is 0 Å². The molecule has 0 aliphatic carbocycles. The lowest BCUT2D eigenvalue weighted by Crippen LogP contribution is -2.26. The zero-order valence-electron chi connectivity index (χ0n) is 10.8. The SMILES string of the molecule is CC1=C(C#N)C(N=CN(C)C)Nc2ccccc21. The summed E-state index contributed by atoms with van der Waals surface area (Å²) in [6.45, 7) is 1.97. The molecule has 0 amide bonds. The van der Waals surface area contributed by atoms with Crippen LogP contribution in [-0.2, 0) is 0 Å². The maximum absolute atomic E-state index is 9.29. The molecule has 0 bridgehead atoms. The molecular weight excluding hydrogens is 224 g/mol. The zero-order valence-corrected chi connectivity index (χ0v) is 10.8. The molecule has 0 spiro atoms. The lowest BCUT2D eigenvalue weighted by atomic mass is 9.95. The van der Waals surface area contributed by atoms with E-state index < -0.39 is 0 Å². The van der Waals surface area contributed by atoms with Crippen LogP contribution in [0.15, 0.2) is 34.8 Å². The maximum atomic E-state index is 9.29. The van der Waals surface area contributed by atoms with Crippen molar-refractivity contribution in [2.24, 2.45) is 4.99 Å². The van der Waals surface area contributed by atoms with E-state index in [2.05, 4.69) is 16.4 Å². The van der Waals surface area contributed by atoms with Crippen molar-refractivity contribution in [1.82, 2.24) is 4.90 Å². The van der Waals surface area contributed by atoms with E-state index in [0.29, 0.717) is 5.57 Å². The molecule has 2 rings (SSSR count). The van der Waals surface area contributed by atoms with Crippen molar-refractivity contribution >= 4 is 17.6 Å². The number of allylic oxidation sites excluding steroid dienone is 1. The van der Waals surface area contributed by atoms with Crippen molar-refractivity contribution in [3.05, 3.63) is 35.4 Å². The van der Waals surface area contributed by atoms with E-state index in [9.17, 15) is 5.26 Å². The first-order valence-electron chi connectivity index (χ1n) is 5.80. The average Bonchev–Trinajstić information content (AvgIpc) is 2.36. The molecule has 92 valence electrons. The van der Waals surface area contributed by atoms with Gasteiger partial charge in [-0.2, -0.15) is 5.26 Å². The van der Waals surface area contributed by atoms with Crippen LogP contribution in [0.4, 0.5) is 5.69 Å². The number of hydrogen-bond donors (Lipinski definition) is 1. The summed E-state index contributed by atoms with van der Waals surface area (Å²) in [6.07, 6.45) is 1.42. The first kappa shape index (κ1) is 12.2. The molecule has 1 heterocycles. The number of anilines is 1. The third-order valence-electron chi connectivity index (χ3n) is 2.87. The zero-order chi connectivity index (χ0) is 13.1. The van der Waals surface area contributed by atoms with Gasteiger partial charge >= 0.3 is 0 Å². The second-order valence-corrected chi connectivity index (χ2v) is 4.47. The number of nitrogens with one attached hydrogen (secondary N) is 1. The lowest BCUT2D eigenvalue weighted by Gasteiger charge is -2.25. The van der Waals surface area contributed by atoms with E-state index in [1.807, 2.05) is 50.2 Å². The Labute approximate surface area is 107 Å². The molecule has 0 saturated heterocycles. The number of fused-ring (bicyclic) bond motifs is 1. The van der Waals surface area contributed by atoms with E-state index in [-0.39, 0.29) is 6.17 Å². The van der Waals surface area contributed by atoms with E-state index >= 15 is 0 Å². The minimum atomic E-state index is -0.299. The van der Waals surface area contributed by atoms with E-state index in [4.69, 9.17) is 0 Å². The van der Waals surface area contributed by atoms with Gasteiger partial charge in [0.05, 0.1) is 18.0 Å². The molecule has 0 saturated carbocycles. The normalized spacial score (nSPS) is 18.2. The van der Waals surface area contributed by atoms with Crippen molar-refractivity contribution < 1.29 is 0 Å². The molecule has 4 nitrogen and oxygen atoms in total. The van der Waals surface area contributed by atoms with Gasteiger partial charge in [0, 0.05) is 25.3 Å². The van der Waals surface area contributed by atoms with Crippen molar-refractivity contribution in [2.75, 3.05) is 19.4 Å². The Morgan fingerprint density at radius 3 is 2.78 bits per heavy atom. The van der Waals surface area contributed by atoms with Crippen LogP contribution in [0.5, 0.6) is 0 Å². The fourth-order valence-corrected chi connectivity index (χ4v) is 1.96. The van der Waals surface area contributed by atoms with Crippen molar-refractivity contribution in [3.8, 4) is 6.07 Å². The third kappa shape index (κ3) is 2.21. The summed E-state index contributed by atoms with van der Waals surface area (Å²) in [5.41, 5.74) is 3.76. The molecule has 18 heavy (non-hydrogen) atoms. The Hall–Kier alpha value is -2.28. The van der Waals surface area contributed by atoms with Gasteiger partial charge in [0.1, 0.15) is 0 Å². The van der Waals surface area contributed by atoms with Crippen molar-refractivity contribution in [2.45, 2.75) is 13.1 Å². The minimum Gasteiger partial charge on any atom is -0.369 e. The average molecular weight is 240 g/mol. The second-order valence-electron chi connectivity index (χ2n) is 4.47. The van der Waals surface area contributed by atoms with Crippen LogP contribution in [0.25, 0.3) is 5.57 Å². The molecule has 1 atom stereocenters. The number of aliphatic imine (C=N–C) groups is 1. The Balaban J connectivity index is 2.44. The highest BCUT2D eigenvalue weighted by Gasteiger charge is 2.23. The Morgan fingerprint density at radius 2 is 2.11 bits per heavy atom. The molecule has 1 aliphatic rings. The van der Waals surface area contributed by atoms with Crippen LogP contribution in [0.2, 0.25) is 0 Å². The number of benzene rings is 1. The first-order chi connectivity index (χ1) is 8.63. The van der Waals surface area contributed by atoms with Gasteiger partial charge in [-0.15, -0.1) is 0 Å². The van der Waals surface area contributed by atoms with E-state index in [0.717, 1.165) is 16.8 Å². The maximum Gasteiger partial charge on any atom is 0.156 e. The monoisotopic (exact) mass is 240 g/mol. The van der Waals surface area contributed by atoms with E-state index in [1.54, 1.807) is 6.34 Å². The largest absolute Gasteiger partial charge is 0.369 e. The fraction of sp³-hybridized carbons (Fsp3) is 0.286. The summed E-state index contributed by atoms with van der Waals surface area (Å²) in [6, 6.07) is 10.2. The van der Waals surface area contributed by atoms with Crippen LogP contribution in [0.1, 0.15) is 12.5 Å². The van der Waals surface area contributed by atoms with Crippen molar-refractivity contribution in [3.63, 3.8) is 0 Å². The smallest absolute Gasteiger partial charge is 0.156 e. The van der Waals surface area contributed by atoms with Gasteiger partial charge in [0.15, 0.2) is 6.17 Å². The summed E-state index contributed by atoms with van der Waals surface area (Å²) in [5, 5.41) is 12.6. The molecular formula is C14H16N4. The molecule has 1 unspecified atom stereocenters. The third-order valence-corrected chi connectivity index (χ3v) is 2.87. The first-order valence-corrected chi connectivity index (χ1v) is 5.80. The number of nitrogens with zero attached hydrogens (tertiary/aromatic N) is 3. The van der Waals surface area contributed by atoms with Crippen LogP contribution < -0.4 is 5.32 Å². The van der Waals surface area contributed by atoms with Gasteiger partial charge in [-0.3, -0.25) is 0 Å². The van der Waals surface area contributed by atoms with Gasteiger partial charge < -0.3 is 10.2 Å². The topological polar surface area (TPSA) is 51.4 Å². The highest BCUT2D eigenvalue weighted by molar-refractivity contribution is 5.83. The van der Waals surface area contributed by atoms with Crippen LogP contribution in [0, 0.1) is 11.3 Å². The predicted octanol–water partition coefficient (Wildman–Crippen LogP) is 2.33. The van der Waals surface area contributed by atoms with Crippen LogP contribution in [0.3, 0.4) is 0 Å². The highest BCUT2D eigenvalue weighted by atomic mass is 15.2. The molecule has 0 fully saturated rings. The molecule has 0 aromatic heterocycles. The predicted molar refractivity (Wildman–Crippen MR) is 74.2 cm³/mol. The number of rotatable bonds is 2. The van der Waals surface area contributed by atoms with Gasteiger partial charge in [0.2, 0.25) is 0 Å². The van der Waals surface area contributed by atoms with E-state index in [1.165, 1.54) is 0 Å². The number of nitriles is 1. The van der Waals surface area contributed by atoms with Crippen molar-refractivity contribution in [1.29, 1.82) is 5.26 Å². The van der Waals surface area contributed by atoms with Gasteiger partial charge in [-0.1, -0.05) is 18.2 Å². The molecule has 4 heteroatoms. The van der Waals surface area contributed by atoms with Gasteiger partial charge in [-0.25, -0.2) is 4.99 Å². The Morgan fingerprint density at radius 1 is 1.39 bits per heavy atom. The van der Waals surface area contributed by atoms with Crippen LogP contribution >= 0.6 is 0 Å². The Bertz CT molecular complexity index is 549. The second kappa shape index (κ2) is 4.92. The highest BCUT2D eigenvalue weighted by Crippen LogP contribution is 2.33.